The van der Waals surface area contributed by atoms with E-state index in [-0.39, 0.29) is 43.0 Å². The van der Waals surface area contributed by atoms with Crippen molar-refractivity contribution in [2.24, 2.45) is 5.73 Å². The van der Waals surface area contributed by atoms with E-state index in [2.05, 4.69) is 31.1 Å². The molecule has 0 saturated carbocycles. The number of amides is 3. The lowest BCUT2D eigenvalue weighted by Gasteiger charge is -2.35. The van der Waals surface area contributed by atoms with Crippen molar-refractivity contribution in [3.8, 4) is 0 Å². The Kier molecular flexibility index (Phi) is 8.80. The number of ether oxygens (including phenoxy) is 2. The highest BCUT2D eigenvalue weighted by Gasteiger charge is 2.51. The zero-order valence-electron chi connectivity index (χ0n) is 17.9. The second-order valence-corrected chi connectivity index (χ2v) is 7.69. The maximum atomic E-state index is 13.4. The summed E-state index contributed by atoms with van der Waals surface area (Å²) in [4.78, 5) is 63.2. The lowest BCUT2D eigenvalue weighted by molar-refractivity contribution is -0.129. The highest BCUT2D eigenvalue weighted by molar-refractivity contribution is 7.96. The van der Waals surface area contributed by atoms with Crippen molar-refractivity contribution in [2.45, 2.75) is 24.8 Å². The molecule has 1 aliphatic heterocycles. The zero-order valence-corrected chi connectivity index (χ0v) is 18.8. The number of esters is 1. The number of carbonyl (C=O) groups excluding carboxylic acids is 5. The largest absolute Gasteiger partial charge is 0.458 e. The zero-order chi connectivity index (χ0) is 24.6. The van der Waals surface area contributed by atoms with Crippen LogP contribution in [0.1, 0.15) is 40.0 Å². The molecule has 1 heterocycles. The number of anilines is 1. The first-order valence-corrected chi connectivity index (χ1v) is 10.4. The van der Waals surface area contributed by atoms with Crippen molar-refractivity contribution in [1.82, 2.24) is 4.90 Å². The number of thiol groups is 1. The van der Waals surface area contributed by atoms with E-state index in [0.29, 0.717) is 6.42 Å². The van der Waals surface area contributed by atoms with Gasteiger partial charge in [0.25, 0.3) is 11.8 Å². The summed E-state index contributed by atoms with van der Waals surface area (Å²) in [7, 11) is 0. The van der Waals surface area contributed by atoms with E-state index < -0.39 is 41.0 Å². The number of nitrogens with zero attached hydrogens (tertiary/aromatic N) is 1. The Morgan fingerprint density at radius 3 is 2.42 bits per heavy atom. The van der Waals surface area contributed by atoms with Gasteiger partial charge in [-0.15, -0.1) is 12.6 Å². The maximum Gasteiger partial charge on any atom is 0.410 e. The number of carbonyl (C=O) groups is 5. The van der Waals surface area contributed by atoms with E-state index in [0.717, 1.165) is 4.90 Å². The number of nitrogens with two attached hydrogens (primary N) is 1. The lowest BCUT2D eigenvalue weighted by Crippen LogP contribution is -2.56. The Morgan fingerprint density at radius 2 is 1.82 bits per heavy atom. The number of likely N-dealkylation sites (tertiary alicyclic amines) is 1. The summed E-state index contributed by atoms with van der Waals surface area (Å²) in [5, 5.41) is 1.93. The smallest absolute Gasteiger partial charge is 0.410 e. The van der Waals surface area contributed by atoms with Gasteiger partial charge in [-0.05, 0) is 31.0 Å². The summed E-state index contributed by atoms with van der Waals surface area (Å²) in [6.07, 6.45) is 2.15. The van der Waals surface area contributed by atoms with Gasteiger partial charge in [0.1, 0.15) is 18.8 Å². The molecule has 0 bridgehead atoms. The van der Waals surface area contributed by atoms with Crippen LogP contribution >= 0.6 is 12.6 Å². The summed E-state index contributed by atoms with van der Waals surface area (Å²) < 4.78 is 10.0. The van der Waals surface area contributed by atoms with Gasteiger partial charge < -0.3 is 20.5 Å². The topological polar surface area (TPSA) is 145 Å². The molecule has 33 heavy (non-hydrogen) atoms. The van der Waals surface area contributed by atoms with Gasteiger partial charge >= 0.3 is 12.1 Å². The van der Waals surface area contributed by atoms with Crippen LogP contribution in [0.4, 0.5) is 10.5 Å². The molecule has 1 fully saturated rings. The van der Waals surface area contributed by atoms with Crippen molar-refractivity contribution in [3.05, 3.63) is 54.6 Å². The molecule has 1 aromatic carbocycles. The van der Waals surface area contributed by atoms with Gasteiger partial charge in [-0.25, -0.2) is 9.59 Å². The first kappa shape index (κ1) is 25.7. The Balaban J connectivity index is 2.44. The van der Waals surface area contributed by atoms with Crippen molar-refractivity contribution in [2.75, 3.05) is 25.1 Å². The minimum atomic E-state index is -1.61. The highest BCUT2D eigenvalue weighted by Crippen LogP contribution is 2.36. The van der Waals surface area contributed by atoms with Crippen LogP contribution < -0.4 is 11.1 Å². The molecule has 1 atom stereocenters. The Hall–Kier alpha value is -3.60. The summed E-state index contributed by atoms with van der Waals surface area (Å²) in [6.45, 7) is 6.98. The predicted molar refractivity (Wildman–Crippen MR) is 123 cm³/mol. The molecule has 176 valence electrons. The van der Waals surface area contributed by atoms with Crippen LogP contribution in [0.5, 0.6) is 0 Å². The van der Waals surface area contributed by atoms with E-state index in [9.17, 15) is 24.0 Å². The van der Waals surface area contributed by atoms with E-state index in [4.69, 9.17) is 15.2 Å². The number of nitrogens with one attached hydrogen (secondary N) is 1. The fourth-order valence-electron chi connectivity index (χ4n) is 3.55. The monoisotopic (exact) mass is 475 g/mol. The maximum absolute atomic E-state index is 13.4. The number of hydrogen-bond donors (Lipinski definition) is 3. The number of rotatable bonds is 10. The van der Waals surface area contributed by atoms with Gasteiger partial charge in [-0.3, -0.25) is 19.3 Å². The van der Waals surface area contributed by atoms with E-state index >= 15 is 0 Å². The van der Waals surface area contributed by atoms with Crippen LogP contribution in [0.3, 0.4) is 0 Å². The molecule has 0 aliphatic carbocycles. The summed E-state index contributed by atoms with van der Waals surface area (Å²) in [5.41, 5.74) is 3.71. The van der Waals surface area contributed by atoms with Gasteiger partial charge in [0.15, 0.2) is 5.12 Å². The van der Waals surface area contributed by atoms with Gasteiger partial charge in [0.05, 0.1) is 16.8 Å². The van der Waals surface area contributed by atoms with Crippen LogP contribution in [0.25, 0.3) is 0 Å². The third kappa shape index (κ3) is 6.01. The highest BCUT2D eigenvalue weighted by atomic mass is 32.1. The summed E-state index contributed by atoms with van der Waals surface area (Å²) in [6, 6.07) is 3.82. The molecule has 0 unspecified atom stereocenters. The Bertz CT molecular complexity index is 994. The molecule has 3 amide bonds. The number of primary amides is 1. The fourth-order valence-corrected chi connectivity index (χ4v) is 3.81. The van der Waals surface area contributed by atoms with Crippen molar-refractivity contribution < 1.29 is 33.4 Å². The Labute approximate surface area is 196 Å². The third-order valence-electron chi connectivity index (χ3n) is 5.00. The molecule has 1 saturated heterocycles. The summed E-state index contributed by atoms with van der Waals surface area (Å²) >= 11 is 3.80. The first-order chi connectivity index (χ1) is 15.7. The van der Waals surface area contributed by atoms with Crippen LogP contribution in [0.2, 0.25) is 0 Å². The molecule has 1 aliphatic rings. The van der Waals surface area contributed by atoms with Gasteiger partial charge in [-0.2, -0.15) is 0 Å². The quantitative estimate of drug-likeness (QED) is 0.267. The third-order valence-corrected chi connectivity index (χ3v) is 5.16. The SMILES string of the molecule is C=CCOC(=O)c1ccc(C(N)=O)c(NC(=O)[C@@]2(CC(=O)S)CCCN2C(=O)OCC=C)c1. The van der Waals surface area contributed by atoms with E-state index in [1.54, 1.807) is 0 Å². The van der Waals surface area contributed by atoms with Crippen LogP contribution in [0, 0.1) is 0 Å². The number of hydrogen-bond acceptors (Lipinski definition) is 7. The molecular formula is C22H25N3O7S. The van der Waals surface area contributed by atoms with Crippen LogP contribution in [-0.4, -0.2) is 59.2 Å². The first-order valence-electron chi connectivity index (χ1n) is 9.96. The van der Waals surface area contributed by atoms with Crippen molar-refractivity contribution in [3.63, 3.8) is 0 Å². The van der Waals surface area contributed by atoms with Crippen LogP contribution in [-0.2, 0) is 19.1 Å². The average molecular weight is 476 g/mol. The predicted octanol–water partition coefficient (Wildman–Crippen LogP) is 2.07. The molecule has 2 rings (SSSR count). The molecule has 1 aromatic rings. The average Bonchev–Trinajstić information content (AvgIpc) is 3.19. The fraction of sp³-hybridized carbons (Fsp3) is 0.318. The van der Waals surface area contributed by atoms with Gasteiger partial charge in [0, 0.05) is 13.0 Å². The normalized spacial score (nSPS) is 17.1. The minimum Gasteiger partial charge on any atom is -0.458 e. The molecule has 0 spiro atoms. The molecule has 0 radical (unpaired) electrons. The molecule has 0 aromatic heterocycles. The summed E-state index contributed by atoms with van der Waals surface area (Å²) in [5.74, 6) is -2.32. The van der Waals surface area contributed by atoms with Crippen molar-refractivity contribution >= 4 is 47.3 Å². The molecule has 11 heteroatoms. The molecule has 3 N–H and O–H groups in total. The van der Waals surface area contributed by atoms with Gasteiger partial charge in [0.2, 0.25) is 0 Å². The standard InChI is InChI=1S/C22H25N3O7S/c1-3-10-31-19(28)14-6-7-15(18(23)27)16(12-14)24-20(29)22(13-17(26)33)8-5-9-25(22)21(30)32-11-4-2/h3-4,6-7,12H,1-2,5,8-11,13H2,(H2,23,27)(H,24,29)(H,26,33)/t22-/m0/s1. The second-order valence-electron chi connectivity index (χ2n) is 7.19. The lowest BCUT2D eigenvalue weighted by atomic mass is 9.91. The van der Waals surface area contributed by atoms with E-state index in [1.165, 1.54) is 30.4 Å². The second kappa shape index (κ2) is 11.3. The number of benzene rings is 1. The molecule has 10 nitrogen and oxygen atoms in total. The van der Waals surface area contributed by atoms with Crippen LogP contribution in [0.15, 0.2) is 43.5 Å². The Morgan fingerprint density at radius 1 is 1.15 bits per heavy atom. The van der Waals surface area contributed by atoms with Crippen molar-refractivity contribution in [1.29, 1.82) is 0 Å². The minimum absolute atomic E-state index is 0.0347. The van der Waals surface area contributed by atoms with E-state index in [1.807, 2.05) is 0 Å². The van der Waals surface area contributed by atoms with Gasteiger partial charge in [-0.1, -0.05) is 25.3 Å². The molecular weight excluding hydrogens is 450 g/mol.